The summed E-state index contributed by atoms with van der Waals surface area (Å²) < 4.78 is 16.4. The molecule has 4 aromatic rings. The molecule has 0 aliphatic carbocycles. The molecule has 0 unspecified atom stereocenters. The number of ether oxygens (including phenoxy) is 1. The van der Waals surface area contributed by atoms with Crippen LogP contribution < -0.4 is 10.4 Å². The van der Waals surface area contributed by atoms with Crippen molar-refractivity contribution in [3.63, 3.8) is 0 Å². The second kappa shape index (κ2) is 5.74. The normalized spacial score (nSPS) is 10.9. The van der Waals surface area contributed by atoms with Gasteiger partial charge < -0.3 is 13.6 Å². The molecule has 2 aromatic carbocycles. The lowest BCUT2D eigenvalue weighted by Crippen LogP contribution is -1.97. The van der Waals surface area contributed by atoms with Crippen LogP contribution in [0.25, 0.3) is 33.6 Å². The van der Waals surface area contributed by atoms with E-state index in [0.29, 0.717) is 11.3 Å². The van der Waals surface area contributed by atoms with Gasteiger partial charge in [0.25, 0.3) is 0 Å². The van der Waals surface area contributed by atoms with Crippen LogP contribution >= 0.6 is 0 Å². The fourth-order valence-electron chi connectivity index (χ4n) is 2.71. The topological polar surface area (TPSA) is 52.6 Å². The van der Waals surface area contributed by atoms with Crippen molar-refractivity contribution in [1.82, 2.24) is 0 Å². The maximum Gasteiger partial charge on any atom is 0.336 e. The van der Waals surface area contributed by atoms with Crippen molar-refractivity contribution in [2.24, 2.45) is 0 Å². The van der Waals surface area contributed by atoms with Crippen LogP contribution in [0.4, 0.5) is 0 Å². The Morgan fingerprint density at radius 2 is 1.58 bits per heavy atom. The van der Waals surface area contributed by atoms with Crippen molar-refractivity contribution in [1.29, 1.82) is 0 Å². The summed E-state index contributed by atoms with van der Waals surface area (Å²) in [6, 6.07) is 20.2. The van der Waals surface area contributed by atoms with Crippen LogP contribution in [-0.2, 0) is 0 Å². The molecule has 118 valence electrons. The highest BCUT2D eigenvalue weighted by Gasteiger charge is 2.12. The maximum absolute atomic E-state index is 11.8. The summed E-state index contributed by atoms with van der Waals surface area (Å²) in [5.41, 5.74) is 1.81. The molecule has 0 atom stereocenters. The Kier molecular flexibility index (Phi) is 3.43. The predicted octanol–water partition coefficient (Wildman–Crippen LogP) is 4.73. The molecule has 0 saturated carbocycles. The van der Waals surface area contributed by atoms with Gasteiger partial charge >= 0.3 is 5.63 Å². The highest BCUT2D eigenvalue weighted by molar-refractivity contribution is 5.91. The molecule has 0 radical (unpaired) electrons. The molecule has 0 aliphatic heterocycles. The van der Waals surface area contributed by atoms with E-state index in [4.69, 9.17) is 13.6 Å². The summed E-state index contributed by atoms with van der Waals surface area (Å²) in [5, 5.41) is 0.840. The first kappa shape index (κ1) is 14.3. The number of hydrogen-bond donors (Lipinski definition) is 0. The van der Waals surface area contributed by atoms with Gasteiger partial charge in [-0.3, -0.25) is 0 Å². The van der Waals surface area contributed by atoms with Gasteiger partial charge in [0.05, 0.1) is 7.11 Å². The van der Waals surface area contributed by atoms with Gasteiger partial charge in [-0.2, -0.15) is 0 Å². The van der Waals surface area contributed by atoms with Gasteiger partial charge in [-0.25, -0.2) is 4.79 Å². The van der Waals surface area contributed by atoms with Crippen LogP contribution in [-0.4, -0.2) is 7.11 Å². The van der Waals surface area contributed by atoms with Gasteiger partial charge in [-0.05, 0) is 42.5 Å². The number of methoxy groups -OCH3 is 1. The molecule has 24 heavy (non-hydrogen) atoms. The number of furan rings is 1. The molecule has 0 amide bonds. The molecule has 2 heterocycles. The number of fused-ring (bicyclic) bond motifs is 1. The molecule has 0 N–H and O–H groups in total. The minimum Gasteiger partial charge on any atom is -0.497 e. The van der Waals surface area contributed by atoms with Crippen molar-refractivity contribution in [3.8, 4) is 28.4 Å². The first-order valence-corrected chi connectivity index (χ1v) is 7.52. The van der Waals surface area contributed by atoms with Crippen LogP contribution in [0.3, 0.4) is 0 Å². The number of benzene rings is 2. The van der Waals surface area contributed by atoms with E-state index in [-0.39, 0.29) is 0 Å². The SMILES string of the molecule is COc1ccc(-c2ccc(-c3cc(=O)oc4ccccc34)o2)cc1. The highest BCUT2D eigenvalue weighted by atomic mass is 16.5. The molecule has 0 saturated heterocycles. The first-order chi connectivity index (χ1) is 11.7. The predicted molar refractivity (Wildman–Crippen MR) is 92.2 cm³/mol. The Labute approximate surface area is 137 Å². The monoisotopic (exact) mass is 318 g/mol. The molecule has 4 heteroatoms. The average Bonchev–Trinajstić information content (AvgIpc) is 3.11. The van der Waals surface area contributed by atoms with Crippen molar-refractivity contribution in [2.45, 2.75) is 0 Å². The molecular weight excluding hydrogens is 304 g/mol. The third kappa shape index (κ3) is 2.48. The minimum absolute atomic E-state index is 0.397. The maximum atomic E-state index is 11.8. The van der Waals surface area contributed by atoms with Gasteiger partial charge in [-0.15, -0.1) is 0 Å². The minimum atomic E-state index is -0.397. The molecular formula is C20H14O4. The Hall–Kier alpha value is -3.27. The summed E-state index contributed by atoms with van der Waals surface area (Å²) in [5.74, 6) is 2.15. The third-order valence-corrected chi connectivity index (χ3v) is 3.90. The van der Waals surface area contributed by atoms with Gasteiger partial charge in [0.1, 0.15) is 22.9 Å². The smallest absolute Gasteiger partial charge is 0.336 e. The highest BCUT2D eigenvalue weighted by Crippen LogP contribution is 2.32. The molecule has 0 aliphatic rings. The van der Waals surface area contributed by atoms with Crippen LogP contribution in [0, 0.1) is 0 Å². The molecule has 0 fully saturated rings. The first-order valence-electron chi connectivity index (χ1n) is 7.52. The summed E-state index contributed by atoms with van der Waals surface area (Å²) in [4.78, 5) is 11.8. The summed E-state index contributed by atoms with van der Waals surface area (Å²) in [6.45, 7) is 0. The second-order valence-corrected chi connectivity index (χ2v) is 5.37. The lowest BCUT2D eigenvalue weighted by molar-refractivity contribution is 0.415. The largest absolute Gasteiger partial charge is 0.497 e. The van der Waals surface area contributed by atoms with Crippen molar-refractivity contribution in [2.75, 3.05) is 7.11 Å². The zero-order valence-corrected chi connectivity index (χ0v) is 13.0. The Balaban J connectivity index is 1.81. The Morgan fingerprint density at radius 3 is 2.38 bits per heavy atom. The van der Waals surface area contributed by atoms with E-state index in [1.165, 1.54) is 6.07 Å². The Morgan fingerprint density at radius 1 is 0.833 bits per heavy atom. The van der Waals surface area contributed by atoms with E-state index in [1.54, 1.807) is 13.2 Å². The van der Waals surface area contributed by atoms with E-state index >= 15 is 0 Å². The van der Waals surface area contributed by atoms with Crippen molar-refractivity contribution < 1.29 is 13.6 Å². The van der Waals surface area contributed by atoms with Gasteiger partial charge in [0, 0.05) is 22.6 Å². The quantitative estimate of drug-likeness (QED) is 0.512. The van der Waals surface area contributed by atoms with Gasteiger partial charge in [0.2, 0.25) is 0 Å². The summed E-state index contributed by atoms with van der Waals surface area (Å²) >= 11 is 0. The molecule has 4 rings (SSSR count). The lowest BCUT2D eigenvalue weighted by Gasteiger charge is -2.03. The average molecular weight is 318 g/mol. The van der Waals surface area contributed by atoms with Crippen molar-refractivity contribution >= 4 is 11.0 Å². The van der Waals surface area contributed by atoms with Crippen LogP contribution in [0.2, 0.25) is 0 Å². The fraction of sp³-hybridized carbons (Fsp3) is 0.0500. The third-order valence-electron chi connectivity index (χ3n) is 3.90. The summed E-state index contributed by atoms with van der Waals surface area (Å²) in [6.07, 6.45) is 0. The molecule has 0 bridgehead atoms. The zero-order chi connectivity index (χ0) is 16.5. The fourth-order valence-corrected chi connectivity index (χ4v) is 2.71. The second-order valence-electron chi connectivity index (χ2n) is 5.37. The van der Waals surface area contributed by atoms with E-state index in [9.17, 15) is 4.79 Å². The van der Waals surface area contributed by atoms with E-state index in [1.807, 2.05) is 54.6 Å². The van der Waals surface area contributed by atoms with Crippen LogP contribution in [0.1, 0.15) is 0 Å². The van der Waals surface area contributed by atoms with Crippen LogP contribution in [0.5, 0.6) is 5.75 Å². The van der Waals surface area contributed by atoms with Gasteiger partial charge in [-0.1, -0.05) is 18.2 Å². The number of rotatable bonds is 3. The van der Waals surface area contributed by atoms with Gasteiger partial charge in [0.15, 0.2) is 0 Å². The van der Waals surface area contributed by atoms with E-state index in [0.717, 1.165) is 28.0 Å². The van der Waals surface area contributed by atoms with Crippen molar-refractivity contribution in [3.05, 3.63) is 77.2 Å². The van der Waals surface area contributed by atoms with E-state index in [2.05, 4.69) is 0 Å². The molecule has 0 spiro atoms. The molecule has 4 nitrogen and oxygen atoms in total. The summed E-state index contributed by atoms with van der Waals surface area (Å²) in [7, 11) is 1.63. The number of hydrogen-bond acceptors (Lipinski definition) is 4. The molecule has 2 aromatic heterocycles. The lowest BCUT2D eigenvalue weighted by atomic mass is 10.1. The van der Waals surface area contributed by atoms with E-state index < -0.39 is 5.63 Å². The number of para-hydroxylation sites is 1. The van der Waals surface area contributed by atoms with Crippen LogP contribution in [0.15, 0.2) is 80.4 Å². The standard InChI is InChI=1S/C20H14O4/c1-22-14-8-6-13(7-9-14)17-10-11-19(23-17)16-12-20(21)24-18-5-3-2-4-15(16)18/h2-12H,1H3. The Bertz CT molecular complexity index is 1050. The zero-order valence-electron chi connectivity index (χ0n) is 13.0.